The van der Waals surface area contributed by atoms with Gasteiger partial charge in [0.25, 0.3) is 0 Å². The Hall–Kier alpha value is -0.380. The molecule has 0 heterocycles. The average molecular weight is 257 g/mol. The Labute approximate surface area is 94.2 Å². The van der Waals surface area contributed by atoms with E-state index in [0.717, 1.165) is 11.0 Å². The van der Waals surface area contributed by atoms with Gasteiger partial charge in [-0.2, -0.15) is 0 Å². The lowest BCUT2D eigenvalue weighted by atomic mass is 9.99. The van der Waals surface area contributed by atoms with Crippen LogP contribution in [0.15, 0.2) is 28.7 Å². The number of hydrogen-bond acceptors (Lipinski definition) is 2. The van der Waals surface area contributed by atoms with E-state index in [1.54, 1.807) is 0 Å². The molecule has 1 aromatic carbocycles. The molecule has 1 unspecified atom stereocenters. The summed E-state index contributed by atoms with van der Waals surface area (Å²) in [6.07, 6.45) is 0. The molecule has 1 atom stereocenters. The van der Waals surface area contributed by atoms with E-state index in [0.29, 0.717) is 12.5 Å². The topological polar surface area (TPSA) is 29.3 Å². The molecular formula is C11H17BrN2. The Balaban J connectivity index is 2.83. The first kappa shape index (κ1) is 11.7. The molecule has 3 heteroatoms. The Morgan fingerprint density at radius 2 is 2.00 bits per heavy atom. The first-order valence-electron chi connectivity index (χ1n) is 4.74. The van der Waals surface area contributed by atoms with Crippen molar-refractivity contribution in [3.8, 4) is 0 Å². The molecular weight excluding hydrogens is 240 g/mol. The fourth-order valence-electron chi connectivity index (χ4n) is 1.55. The number of halogens is 1. The van der Waals surface area contributed by atoms with Gasteiger partial charge in [0.15, 0.2) is 0 Å². The van der Waals surface area contributed by atoms with E-state index in [4.69, 9.17) is 5.73 Å². The number of hydrogen-bond donors (Lipinski definition) is 1. The number of rotatable bonds is 4. The minimum Gasteiger partial charge on any atom is -0.330 e. The molecule has 0 aromatic heterocycles. The van der Waals surface area contributed by atoms with Crippen LogP contribution < -0.4 is 5.73 Å². The van der Waals surface area contributed by atoms with Gasteiger partial charge in [0.2, 0.25) is 0 Å². The Morgan fingerprint density at radius 3 is 2.50 bits per heavy atom. The lowest BCUT2D eigenvalue weighted by Gasteiger charge is -2.20. The molecule has 1 aromatic rings. The molecule has 14 heavy (non-hydrogen) atoms. The largest absolute Gasteiger partial charge is 0.330 e. The highest BCUT2D eigenvalue weighted by molar-refractivity contribution is 9.10. The average Bonchev–Trinajstić information content (AvgIpc) is 2.15. The summed E-state index contributed by atoms with van der Waals surface area (Å²) in [5, 5.41) is 0. The number of nitrogens with zero attached hydrogens (tertiary/aromatic N) is 1. The van der Waals surface area contributed by atoms with Crippen molar-refractivity contribution in [2.75, 3.05) is 27.2 Å². The van der Waals surface area contributed by atoms with E-state index in [1.165, 1.54) is 5.56 Å². The zero-order valence-corrected chi connectivity index (χ0v) is 10.3. The summed E-state index contributed by atoms with van der Waals surface area (Å²) >= 11 is 3.55. The molecule has 0 radical (unpaired) electrons. The maximum atomic E-state index is 5.77. The third-order valence-corrected chi connectivity index (χ3v) is 2.94. The van der Waals surface area contributed by atoms with Crippen molar-refractivity contribution in [1.29, 1.82) is 0 Å². The zero-order valence-electron chi connectivity index (χ0n) is 8.70. The lowest BCUT2D eigenvalue weighted by molar-refractivity contribution is 0.375. The number of likely N-dealkylation sites (N-methyl/N-ethyl adjacent to an activating group) is 1. The van der Waals surface area contributed by atoms with Crippen LogP contribution >= 0.6 is 15.9 Å². The Morgan fingerprint density at radius 1 is 1.36 bits per heavy atom. The summed E-state index contributed by atoms with van der Waals surface area (Å²) in [5.41, 5.74) is 7.07. The molecule has 0 aliphatic carbocycles. The minimum absolute atomic E-state index is 0.403. The van der Waals surface area contributed by atoms with E-state index in [9.17, 15) is 0 Å². The van der Waals surface area contributed by atoms with E-state index in [-0.39, 0.29) is 0 Å². The number of nitrogens with two attached hydrogens (primary N) is 1. The SMILES string of the molecule is CN(C)CC(CN)c1ccccc1Br. The van der Waals surface area contributed by atoms with E-state index in [2.05, 4.69) is 53.1 Å². The van der Waals surface area contributed by atoms with Crippen LogP contribution in [0.4, 0.5) is 0 Å². The summed E-state index contributed by atoms with van der Waals surface area (Å²) in [6, 6.07) is 8.27. The predicted octanol–water partition coefficient (Wildman–Crippen LogP) is 2.05. The van der Waals surface area contributed by atoms with E-state index in [1.807, 2.05) is 6.07 Å². The summed E-state index contributed by atoms with van der Waals surface area (Å²) in [4.78, 5) is 2.16. The fraction of sp³-hybridized carbons (Fsp3) is 0.455. The standard InChI is InChI=1S/C11H17BrN2/c1-14(2)8-9(7-13)10-5-3-4-6-11(10)12/h3-6,9H,7-8,13H2,1-2H3. The van der Waals surface area contributed by atoms with Crippen molar-refractivity contribution in [2.24, 2.45) is 5.73 Å². The van der Waals surface area contributed by atoms with Crippen LogP contribution in [0.25, 0.3) is 0 Å². The van der Waals surface area contributed by atoms with Crippen molar-refractivity contribution in [3.63, 3.8) is 0 Å². The normalized spacial score (nSPS) is 13.2. The van der Waals surface area contributed by atoms with Gasteiger partial charge in [-0.15, -0.1) is 0 Å². The van der Waals surface area contributed by atoms with Crippen LogP contribution in [-0.4, -0.2) is 32.1 Å². The smallest absolute Gasteiger partial charge is 0.0211 e. The van der Waals surface area contributed by atoms with Gasteiger partial charge in [-0.3, -0.25) is 0 Å². The van der Waals surface area contributed by atoms with Gasteiger partial charge >= 0.3 is 0 Å². The van der Waals surface area contributed by atoms with Gasteiger partial charge in [0, 0.05) is 23.5 Å². The van der Waals surface area contributed by atoms with E-state index >= 15 is 0 Å². The highest BCUT2D eigenvalue weighted by atomic mass is 79.9. The molecule has 78 valence electrons. The first-order valence-corrected chi connectivity index (χ1v) is 5.53. The molecule has 2 N–H and O–H groups in total. The maximum Gasteiger partial charge on any atom is 0.0211 e. The quantitative estimate of drug-likeness (QED) is 0.894. The molecule has 0 bridgehead atoms. The van der Waals surface area contributed by atoms with Crippen LogP contribution in [-0.2, 0) is 0 Å². The number of benzene rings is 1. The highest BCUT2D eigenvalue weighted by Gasteiger charge is 2.12. The summed E-state index contributed by atoms with van der Waals surface area (Å²) in [5.74, 6) is 0.403. The summed E-state index contributed by atoms with van der Waals surface area (Å²) in [7, 11) is 4.14. The molecule has 0 fully saturated rings. The second-order valence-corrected chi connectivity index (χ2v) is 4.57. The van der Waals surface area contributed by atoms with Crippen LogP contribution in [0.3, 0.4) is 0 Å². The highest BCUT2D eigenvalue weighted by Crippen LogP contribution is 2.24. The van der Waals surface area contributed by atoms with Crippen LogP contribution in [0.2, 0.25) is 0 Å². The first-order chi connectivity index (χ1) is 6.65. The molecule has 0 spiro atoms. The van der Waals surface area contributed by atoms with Gasteiger partial charge < -0.3 is 10.6 Å². The van der Waals surface area contributed by atoms with Gasteiger partial charge in [-0.05, 0) is 25.7 Å². The van der Waals surface area contributed by atoms with Gasteiger partial charge in [-0.25, -0.2) is 0 Å². The summed E-state index contributed by atoms with van der Waals surface area (Å²) in [6.45, 7) is 1.67. The van der Waals surface area contributed by atoms with Crippen molar-refractivity contribution in [1.82, 2.24) is 4.90 Å². The van der Waals surface area contributed by atoms with Gasteiger partial charge in [-0.1, -0.05) is 34.1 Å². The second-order valence-electron chi connectivity index (χ2n) is 3.72. The van der Waals surface area contributed by atoms with E-state index < -0.39 is 0 Å². The molecule has 0 aliphatic heterocycles. The second kappa shape index (κ2) is 5.49. The maximum absolute atomic E-state index is 5.77. The molecule has 0 saturated heterocycles. The molecule has 1 rings (SSSR count). The fourth-order valence-corrected chi connectivity index (χ4v) is 2.16. The van der Waals surface area contributed by atoms with Gasteiger partial charge in [0.1, 0.15) is 0 Å². The lowest BCUT2D eigenvalue weighted by Crippen LogP contribution is -2.26. The van der Waals surface area contributed by atoms with Crippen molar-refractivity contribution in [2.45, 2.75) is 5.92 Å². The Kier molecular flexibility index (Phi) is 4.58. The Bertz CT molecular complexity index is 286. The summed E-state index contributed by atoms with van der Waals surface area (Å²) < 4.78 is 1.15. The third kappa shape index (κ3) is 3.08. The molecule has 0 saturated carbocycles. The predicted molar refractivity (Wildman–Crippen MR) is 64.5 cm³/mol. The zero-order chi connectivity index (χ0) is 10.6. The van der Waals surface area contributed by atoms with Crippen molar-refractivity contribution in [3.05, 3.63) is 34.3 Å². The minimum atomic E-state index is 0.403. The molecule has 0 aliphatic rings. The van der Waals surface area contributed by atoms with Gasteiger partial charge in [0.05, 0.1) is 0 Å². The van der Waals surface area contributed by atoms with Crippen molar-refractivity contribution < 1.29 is 0 Å². The third-order valence-electron chi connectivity index (χ3n) is 2.22. The van der Waals surface area contributed by atoms with Crippen LogP contribution in [0.5, 0.6) is 0 Å². The monoisotopic (exact) mass is 256 g/mol. The molecule has 2 nitrogen and oxygen atoms in total. The van der Waals surface area contributed by atoms with Crippen LogP contribution in [0, 0.1) is 0 Å². The van der Waals surface area contributed by atoms with Crippen molar-refractivity contribution >= 4 is 15.9 Å². The van der Waals surface area contributed by atoms with Crippen LogP contribution in [0.1, 0.15) is 11.5 Å². The molecule has 0 amide bonds.